The van der Waals surface area contributed by atoms with Crippen molar-refractivity contribution in [2.75, 3.05) is 12.4 Å². The average Bonchev–Trinajstić information content (AvgIpc) is 2.89. The van der Waals surface area contributed by atoms with Crippen LogP contribution in [0.25, 0.3) is 0 Å². The van der Waals surface area contributed by atoms with Crippen molar-refractivity contribution in [2.45, 2.75) is 56.8 Å². The normalized spacial score (nSPS) is 13.9. The summed E-state index contributed by atoms with van der Waals surface area (Å²) in [5, 5.41) is 18.7. The zero-order valence-corrected chi connectivity index (χ0v) is 22.2. The summed E-state index contributed by atoms with van der Waals surface area (Å²) in [5.41, 5.74) is 12.4. The molecule has 206 valence electrons. The molecule has 4 atom stereocenters. The minimum Gasteiger partial charge on any atom is -0.390 e. The highest BCUT2D eigenvalue weighted by atomic mass is 35.5. The summed E-state index contributed by atoms with van der Waals surface area (Å²) in [4.78, 5) is 42.5. The van der Waals surface area contributed by atoms with Crippen molar-refractivity contribution in [1.82, 2.24) is 16.0 Å². The van der Waals surface area contributed by atoms with E-state index in [9.17, 15) is 19.5 Å². The number of nitrogens with one attached hydrogen (secondary N) is 3. The molecule has 2 rings (SSSR count). The molecular weight excluding hydrogens is 508 g/mol. The molecule has 0 spiro atoms. The number of aliphatic hydroxyl groups excluding tert-OH is 1. The maximum atomic E-state index is 13.4. The summed E-state index contributed by atoms with van der Waals surface area (Å²) in [6.07, 6.45) is 0.301. The molecule has 0 saturated carbocycles. The lowest BCUT2D eigenvalue weighted by atomic mass is 10.0. The Morgan fingerprint density at radius 3 is 1.84 bits per heavy atom. The molecule has 0 aliphatic carbocycles. The molecule has 0 saturated heterocycles. The summed E-state index contributed by atoms with van der Waals surface area (Å²) in [6, 6.07) is 16.0. The average molecular weight is 545 g/mol. The fraction of sp³-hybridized carbons (Fsp3) is 0.407. The van der Waals surface area contributed by atoms with E-state index in [1.54, 1.807) is 0 Å². The third kappa shape index (κ3) is 11.2. The Balaban J connectivity index is 2.21. The van der Waals surface area contributed by atoms with Crippen molar-refractivity contribution >= 4 is 35.3 Å². The van der Waals surface area contributed by atoms with Gasteiger partial charge in [0.2, 0.25) is 17.7 Å². The van der Waals surface area contributed by atoms with E-state index in [0.29, 0.717) is 19.4 Å². The molecule has 0 unspecified atom stereocenters. The van der Waals surface area contributed by atoms with Crippen LogP contribution in [0.2, 0.25) is 0 Å². The first-order valence-electron chi connectivity index (χ1n) is 12.4. The Morgan fingerprint density at radius 2 is 1.37 bits per heavy atom. The highest BCUT2D eigenvalue weighted by Crippen LogP contribution is 2.10. The van der Waals surface area contributed by atoms with Crippen LogP contribution in [-0.2, 0) is 27.2 Å². The number of nitrogens with two attached hydrogens (primary N) is 2. The van der Waals surface area contributed by atoms with Crippen LogP contribution in [0, 0.1) is 0 Å². The standard InChI is InChI=1S/C27H37ClN6O4/c1-18(35)32-22(15-19-9-4-2-5-10-19)25(37)34-23(16-20-11-6-3-7-12-20)26(38)33-21(24(36)17-28)13-8-14-31-27(29)30/h2-7,9-12,21-24,36H,8,13-17H2,1H3,(H,32,35)(H,33,38)(H,34,37)(H4,29,30,31)/t21-,22+,23-,24+/m0/s1. The molecule has 0 bridgehead atoms. The van der Waals surface area contributed by atoms with Gasteiger partial charge in [0.1, 0.15) is 12.1 Å². The van der Waals surface area contributed by atoms with Crippen molar-refractivity contribution in [2.24, 2.45) is 16.5 Å². The van der Waals surface area contributed by atoms with Gasteiger partial charge in [-0.15, -0.1) is 11.6 Å². The molecule has 2 aromatic rings. The number of hydrogen-bond acceptors (Lipinski definition) is 5. The van der Waals surface area contributed by atoms with Gasteiger partial charge in [-0.3, -0.25) is 19.4 Å². The van der Waals surface area contributed by atoms with Gasteiger partial charge >= 0.3 is 0 Å². The number of benzene rings is 2. The highest BCUT2D eigenvalue weighted by molar-refractivity contribution is 6.18. The second-order valence-corrected chi connectivity index (χ2v) is 9.29. The molecule has 38 heavy (non-hydrogen) atoms. The maximum absolute atomic E-state index is 13.4. The first-order chi connectivity index (χ1) is 18.2. The van der Waals surface area contributed by atoms with Gasteiger partial charge in [-0.2, -0.15) is 0 Å². The van der Waals surface area contributed by atoms with Crippen LogP contribution in [-0.4, -0.2) is 65.4 Å². The molecule has 0 aliphatic heterocycles. The summed E-state index contributed by atoms with van der Waals surface area (Å²) < 4.78 is 0. The monoisotopic (exact) mass is 544 g/mol. The molecule has 0 aromatic heterocycles. The molecule has 10 nitrogen and oxygen atoms in total. The minimum atomic E-state index is -1.02. The topological polar surface area (TPSA) is 172 Å². The summed E-state index contributed by atoms with van der Waals surface area (Å²) in [7, 11) is 0. The third-order valence-electron chi connectivity index (χ3n) is 5.81. The van der Waals surface area contributed by atoms with Crippen molar-refractivity contribution in [3.63, 3.8) is 0 Å². The van der Waals surface area contributed by atoms with Crippen molar-refractivity contribution < 1.29 is 19.5 Å². The maximum Gasteiger partial charge on any atom is 0.243 e. The number of rotatable bonds is 15. The molecule has 0 radical (unpaired) electrons. The smallest absolute Gasteiger partial charge is 0.243 e. The second kappa shape index (κ2) is 16.3. The SMILES string of the molecule is CC(=O)N[C@H](Cc1ccccc1)C(=O)N[C@@H](Cc1ccccc1)C(=O)N[C@@H](CCCN=C(N)N)[C@H](O)CCl. The van der Waals surface area contributed by atoms with Crippen LogP contribution in [0.1, 0.15) is 30.9 Å². The van der Waals surface area contributed by atoms with E-state index in [1.165, 1.54) is 6.92 Å². The largest absolute Gasteiger partial charge is 0.390 e. The highest BCUT2D eigenvalue weighted by Gasteiger charge is 2.29. The van der Waals surface area contributed by atoms with E-state index in [2.05, 4.69) is 20.9 Å². The van der Waals surface area contributed by atoms with Crippen molar-refractivity contribution in [1.29, 1.82) is 0 Å². The van der Waals surface area contributed by atoms with Crippen LogP contribution in [0.5, 0.6) is 0 Å². The number of guanidine groups is 1. The molecule has 3 amide bonds. The molecule has 11 heteroatoms. The first kappa shape index (κ1) is 30.6. The molecular formula is C27H37ClN6O4. The Bertz CT molecular complexity index is 1050. The van der Waals surface area contributed by atoms with Gasteiger partial charge in [-0.25, -0.2) is 0 Å². The molecule has 8 N–H and O–H groups in total. The Labute approximate surface area is 228 Å². The predicted molar refractivity (Wildman–Crippen MR) is 148 cm³/mol. The van der Waals surface area contributed by atoms with Gasteiger partial charge in [0.05, 0.1) is 18.0 Å². The molecule has 2 aromatic carbocycles. The Hall–Kier alpha value is -3.63. The van der Waals surface area contributed by atoms with Gasteiger partial charge in [0, 0.05) is 26.3 Å². The fourth-order valence-corrected chi connectivity index (χ4v) is 4.12. The number of carbonyl (C=O) groups excluding carboxylic acids is 3. The van der Waals surface area contributed by atoms with Gasteiger partial charge < -0.3 is 32.5 Å². The predicted octanol–water partition coefficient (Wildman–Crippen LogP) is 0.599. The quantitative estimate of drug-likeness (QED) is 0.0829. The van der Waals surface area contributed by atoms with Gasteiger partial charge in [0.25, 0.3) is 0 Å². The number of alkyl halides is 1. The molecule has 0 aliphatic rings. The second-order valence-electron chi connectivity index (χ2n) is 8.98. The van der Waals surface area contributed by atoms with Crippen LogP contribution in [0.4, 0.5) is 0 Å². The number of aliphatic imine (C=N–C) groups is 1. The van der Waals surface area contributed by atoms with Gasteiger partial charge in [-0.05, 0) is 24.0 Å². The van der Waals surface area contributed by atoms with Crippen LogP contribution < -0.4 is 27.4 Å². The summed E-state index contributed by atoms with van der Waals surface area (Å²) in [6.45, 7) is 1.66. The first-order valence-corrected chi connectivity index (χ1v) is 13.0. The lowest BCUT2D eigenvalue weighted by Crippen LogP contribution is -2.57. The third-order valence-corrected chi connectivity index (χ3v) is 6.13. The number of amides is 3. The summed E-state index contributed by atoms with van der Waals surface area (Å²) in [5.74, 6) is -1.48. The van der Waals surface area contributed by atoms with E-state index < -0.39 is 36.0 Å². The van der Waals surface area contributed by atoms with Gasteiger partial charge in [0.15, 0.2) is 5.96 Å². The lowest BCUT2D eigenvalue weighted by Gasteiger charge is -2.27. The van der Waals surface area contributed by atoms with E-state index in [4.69, 9.17) is 23.1 Å². The van der Waals surface area contributed by atoms with Crippen molar-refractivity contribution in [3.8, 4) is 0 Å². The number of aliphatic hydroxyl groups is 1. The van der Waals surface area contributed by atoms with Crippen LogP contribution in [0.15, 0.2) is 65.7 Å². The fourth-order valence-electron chi connectivity index (χ4n) is 3.91. The number of nitrogens with zero attached hydrogens (tertiary/aromatic N) is 1. The number of hydrogen-bond donors (Lipinski definition) is 6. The number of halogens is 1. The van der Waals surface area contributed by atoms with Crippen LogP contribution in [0.3, 0.4) is 0 Å². The van der Waals surface area contributed by atoms with E-state index in [-0.39, 0.29) is 30.6 Å². The summed E-state index contributed by atoms with van der Waals surface area (Å²) >= 11 is 5.88. The minimum absolute atomic E-state index is 0.0432. The van der Waals surface area contributed by atoms with Crippen molar-refractivity contribution in [3.05, 3.63) is 71.8 Å². The zero-order valence-electron chi connectivity index (χ0n) is 21.5. The van der Waals surface area contributed by atoms with E-state index in [1.807, 2.05) is 60.7 Å². The zero-order chi connectivity index (χ0) is 27.9. The Morgan fingerprint density at radius 1 is 0.868 bits per heavy atom. The molecule has 0 fully saturated rings. The van der Waals surface area contributed by atoms with Crippen LogP contribution >= 0.6 is 11.6 Å². The molecule has 0 heterocycles. The van der Waals surface area contributed by atoms with E-state index in [0.717, 1.165) is 11.1 Å². The number of carbonyl (C=O) groups is 3. The lowest BCUT2D eigenvalue weighted by molar-refractivity contribution is -0.132. The van der Waals surface area contributed by atoms with Gasteiger partial charge in [-0.1, -0.05) is 60.7 Å². The van der Waals surface area contributed by atoms with E-state index >= 15 is 0 Å². The Kier molecular flexibility index (Phi) is 13.1.